The van der Waals surface area contributed by atoms with Gasteiger partial charge < -0.3 is 0 Å². The lowest BCUT2D eigenvalue weighted by Crippen LogP contribution is -1.93. The highest BCUT2D eigenvalue weighted by atomic mass is 32.1. The molecule has 4 aromatic heterocycles. The Morgan fingerprint density at radius 1 is 1.30 bits per heavy atom. The molecule has 0 aliphatic rings. The molecular weight excluding hydrogens is 310 g/mol. The number of aromatic amines is 1. The second-order valence-corrected chi connectivity index (χ2v) is 6.70. The molecule has 8 heteroatoms. The van der Waals surface area contributed by atoms with Gasteiger partial charge in [0.15, 0.2) is 0 Å². The number of nitrogens with one attached hydrogen (secondary N) is 1. The lowest BCUT2D eigenvalue weighted by atomic mass is 10.1. The molecule has 23 heavy (non-hydrogen) atoms. The van der Waals surface area contributed by atoms with E-state index in [1.807, 2.05) is 18.2 Å². The molecule has 0 unspecified atom stereocenters. The summed E-state index contributed by atoms with van der Waals surface area (Å²) in [5.41, 5.74) is 2.82. The molecule has 4 aromatic rings. The van der Waals surface area contributed by atoms with Gasteiger partial charge in [-0.3, -0.25) is 10.1 Å². The van der Waals surface area contributed by atoms with E-state index in [9.17, 15) is 0 Å². The number of pyridine rings is 1. The number of hydrogen-bond acceptors (Lipinski definition) is 6. The van der Waals surface area contributed by atoms with Crippen molar-refractivity contribution in [2.75, 3.05) is 0 Å². The van der Waals surface area contributed by atoms with Crippen LogP contribution in [0.1, 0.15) is 19.5 Å². The normalized spacial score (nSPS) is 11.6. The number of fused-ring (bicyclic) bond motifs is 1. The zero-order valence-electron chi connectivity index (χ0n) is 12.8. The molecule has 0 radical (unpaired) electrons. The Labute approximate surface area is 136 Å². The number of H-pyrrole nitrogens is 1. The average Bonchev–Trinajstić information content (AvgIpc) is 3.22. The molecule has 0 saturated carbocycles. The largest absolute Gasteiger partial charge is 0.282 e. The van der Waals surface area contributed by atoms with Crippen molar-refractivity contribution in [3.63, 3.8) is 0 Å². The van der Waals surface area contributed by atoms with Crippen LogP contribution in [0.25, 0.3) is 27.1 Å². The van der Waals surface area contributed by atoms with Gasteiger partial charge in [0.25, 0.3) is 0 Å². The maximum atomic E-state index is 4.61. The summed E-state index contributed by atoms with van der Waals surface area (Å²) in [6.45, 7) is 4.35. The van der Waals surface area contributed by atoms with E-state index in [1.54, 1.807) is 16.9 Å². The van der Waals surface area contributed by atoms with Gasteiger partial charge in [-0.1, -0.05) is 25.2 Å². The molecule has 0 fully saturated rings. The Kier molecular flexibility index (Phi) is 3.38. The summed E-state index contributed by atoms with van der Waals surface area (Å²) >= 11 is 1.48. The Morgan fingerprint density at radius 2 is 2.22 bits per heavy atom. The van der Waals surface area contributed by atoms with Gasteiger partial charge in [-0.15, -0.1) is 10.2 Å². The second-order valence-electron chi connectivity index (χ2n) is 5.74. The van der Waals surface area contributed by atoms with Gasteiger partial charge in [0.05, 0.1) is 0 Å². The van der Waals surface area contributed by atoms with Crippen molar-refractivity contribution in [3.05, 3.63) is 36.3 Å². The van der Waals surface area contributed by atoms with E-state index in [-0.39, 0.29) is 0 Å². The highest BCUT2D eigenvalue weighted by molar-refractivity contribution is 7.19. The number of nitrogens with zero attached hydrogens (tertiary/aromatic N) is 6. The summed E-state index contributed by atoms with van der Waals surface area (Å²) in [7, 11) is 0. The van der Waals surface area contributed by atoms with E-state index < -0.39 is 0 Å². The molecule has 0 spiro atoms. The van der Waals surface area contributed by atoms with Crippen LogP contribution in [0.5, 0.6) is 0 Å². The summed E-state index contributed by atoms with van der Waals surface area (Å²) in [5, 5.41) is 21.3. The summed E-state index contributed by atoms with van der Waals surface area (Å²) in [6, 6.07) is 5.89. The van der Waals surface area contributed by atoms with E-state index in [0.717, 1.165) is 33.3 Å². The summed E-state index contributed by atoms with van der Waals surface area (Å²) in [4.78, 5) is 4.87. The highest BCUT2D eigenvalue weighted by Crippen LogP contribution is 2.27. The fourth-order valence-corrected chi connectivity index (χ4v) is 3.23. The van der Waals surface area contributed by atoms with Gasteiger partial charge in [0.1, 0.15) is 10.7 Å². The zero-order valence-corrected chi connectivity index (χ0v) is 13.6. The summed E-state index contributed by atoms with van der Waals surface area (Å²) in [6.07, 6.45) is 4.49. The molecule has 0 atom stereocenters. The summed E-state index contributed by atoms with van der Waals surface area (Å²) < 4.78 is 1.74. The average molecular weight is 325 g/mol. The Balaban J connectivity index is 1.73. The van der Waals surface area contributed by atoms with Crippen LogP contribution in [0.15, 0.2) is 30.6 Å². The van der Waals surface area contributed by atoms with Crippen LogP contribution in [0.4, 0.5) is 0 Å². The molecule has 4 heterocycles. The maximum Gasteiger partial charge on any atom is 0.235 e. The van der Waals surface area contributed by atoms with Crippen molar-refractivity contribution in [3.8, 4) is 22.1 Å². The zero-order chi connectivity index (χ0) is 15.8. The lowest BCUT2D eigenvalue weighted by Gasteiger charge is -1.98. The van der Waals surface area contributed by atoms with Crippen molar-refractivity contribution < 1.29 is 0 Å². The molecule has 0 saturated heterocycles. The Morgan fingerprint density at radius 3 is 3.00 bits per heavy atom. The molecule has 0 aliphatic heterocycles. The van der Waals surface area contributed by atoms with Gasteiger partial charge in [0.2, 0.25) is 10.8 Å². The van der Waals surface area contributed by atoms with Crippen LogP contribution in [0.3, 0.4) is 0 Å². The number of aromatic nitrogens is 7. The van der Waals surface area contributed by atoms with Gasteiger partial charge in [-0.05, 0) is 30.5 Å². The van der Waals surface area contributed by atoms with Crippen LogP contribution in [-0.4, -0.2) is 35.0 Å². The SMILES string of the molecule is CC(C)Cc1cc(-c2nnc3sc(-c4cccnc4)nn23)n[nH]1. The third-order valence-corrected chi connectivity index (χ3v) is 4.34. The van der Waals surface area contributed by atoms with Gasteiger partial charge in [-0.25, -0.2) is 0 Å². The topological polar surface area (TPSA) is 84.7 Å². The molecule has 116 valence electrons. The molecule has 1 N–H and O–H groups in total. The molecule has 4 rings (SSSR count). The van der Waals surface area contributed by atoms with Crippen LogP contribution in [0, 0.1) is 5.92 Å². The Hall–Kier alpha value is -2.61. The third-order valence-electron chi connectivity index (χ3n) is 3.39. The molecule has 0 bridgehead atoms. The predicted octanol–water partition coefficient (Wildman–Crippen LogP) is 2.84. The van der Waals surface area contributed by atoms with Crippen molar-refractivity contribution in [1.82, 2.24) is 35.0 Å². The van der Waals surface area contributed by atoms with Crippen LogP contribution in [-0.2, 0) is 6.42 Å². The molecule has 7 nitrogen and oxygen atoms in total. The van der Waals surface area contributed by atoms with E-state index in [2.05, 4.69) is 44.3 Å². The van der Waals surface area contributed by atoms with Crippen LogP contribution < -0.4 is 0 Å². The van der Waals surface area contributed by atoms with Crippen LogP contribution >= 0.6 is 11.3 Å². The minimum absolute atomic E-state index is 0.568. The molecule has 0 aliphatic carbocycles. The fraction of sp³-hybridized carbons (Fsp3) is 0.267. The van der Waals surface area contributed by atoms with E-state index >= 15 is 0 Å². The first kappa shape index (κ1) is 14.0. The minimum atomic E-state index is 0.568. The van der Waals surface area contributed by atoms with E-state index in [0.29, 0.717) is 11.7 Å². The molecular formula is C15H15N7S. The van der Waals surface area contributed by atoms with Crippen molar-refractivity contribution in [2.45, 2.75) is 20.3 Å². The minimum Gasteiger partial charge on any atom is -0.282 e. The smallest absolute Gasteiger partial charge is 0.235 e. The lowest BCUT2D eigenvalue weighted by molar-refractivity contribution is 0.633. The molecule has 0 amide bonds. The van der Waals surface area contributed by atoms with E-state index in [1.165, 1.54) is 11.3 Å². The third kappa shape index (κ3) is 2.61. The van der Waals surface area contributed by atoms with Crippen LogP contribution in [0.2, 0.25) is 0 Å². The van der Waals surface area contributed by atoms with Gasteiger partial charge in [-0.2, -0.15) is 14.7 Å². The Bertz CT molecular complexity index is 935. The quantitative estimate of drug-likeness (QED) is 0.623. The number of hydrogen-bond donors (Lipinski definition) is 1. The van der Waals surface area contributed by atoms with Crippen molar-refractivity contribution >= 4 is 16.3 Å². The van der Waals surface area contributed by atoms with Crippen molar-refractivity contribution in [2.24, 2.45) is 5.92 Å². The fourth-order valence-electron chi connectivity index (χ4n) is 2.40. The maximum absolute atomic E-state index is 4.61. The summed E-state index contributed by atoms with van der Waals surface area (Å²) in [5.74, 6) is 1.22. The highest BCUT2D eigenvalue weighted by Gasteiger charge is 2.17. The molecule has 0 aromatic carbocycles. The first-order valence-electron chi connectivity index (χ1n) is 7.38. The monoisotopic (exact) mass is 325 g/mol. The van der Waals surface area contributed by atoms with Gasteiger partial charge in [0, 0.05) is 23.7 Å². The van der Waals surface area contributed by atoms with Gasteiger partial charge >= 0.3 is 0 Å². The standard InChI is InChI=1S/C15H15N7S/c1-9(2)6-11-7-12(18-17-11)13-19-20-15-22(13)21-14(23-15)10-4-3-5-16-8-10/h3-5,7-9H,6H2,1-2H3,(H,17,18). The first-order chi connectivity index (χ1) is 11.2. The number of rotatable bonds is 4. The van der Waals surface area contributed by atoms with Crippen molar-refractivity contribution in [1.29, 1.82) is 0 Å². The predicted molar refractivity (Wildman–Crippen MR) is 88.0 cm³/mol. The first-order valence-corrected chi connectivity index (χ1v) is 8.19. The van der Waals surface area contributed by atoms with E-state index in [4.69, 9.17) is 0 Å². The second kappa shape index (κ2) is 5.54.